The average Bonchev–Trinajstić information content (AvgIpc) is 3.37. The van der Waals surface area contributed by atoms with Crippen molar-refractivity contribution in [2.45, 2.75) is 24.8 Å². The first kappa shape index (κ1) is 20.8. The number of nitrogens with two attached hydrogens (primary N) is 1. The molecule has 4 aromatic heterocycles. The minimum atomic E-state index is -0.200. The van der Waals surface area contributed by atoms with Gasteiger partial charge in [-0.2, -0.15) is 9.50 Å². The lowest BCUT2D eigenvalue weighted by molar-refractivity contribution is -0.471. The molecule has 1 saturated carbocycles. The third kappa shape index (κ3) is 3.28. The van der Waals surface area contributed by atoms with Crippen LogP contribution in [0.5, 0.6) is 0 Å². The summed E-state index contributed by atoms with van der Waals surface area (Å²) < 4.78 is 2.02. The molecule has 2 aromatic carbocycles. The Bertz CT molecular complexity index is 1700. The molecule has 1 aliphatic carbocycles. The number of hydrogen-bond donors (Lipinski definition) is 2. The van der Waals surface area contributed by atoms with E-state index in [9.17, 15) is 0 Å². The van der Waals surface area contributed by atoms with Gasteiger partial charge in [-0.05, 0) is 48.1 Å². The zero-order valence-corrected chi connectivity index (χ0v) is 19.6. The van der Waals surface area contributed by atoms with E-state index in [4.69, 9.17) is 15.7 Å². The van der Waals surface area contributed by atoms with Gasteiger partial charge < -0.3 is 5.73 Å². The Morgan fingerprint density at radius 1 is 0.750 bits per heavy atom. The fourth-order valence-corrected chi connectivity index (χ4v) is 5.02. The van der Waals surface area contributed by atoms with Crippen LogP contribution in [0.1, 0.15) is 24.8 Å². The lowest BCUT2D eigenvalue weighted by Crippen LogP contribution is -2.43. The van der Waals surface area contributed by atoms with Crippen molar-refractivity contribution in [3.05, 3.63) is 96.8 Å². The number of benzene rings is 2. The SMILES string of the molecule is NC1(c2ccc(-c3nc4c(ccc5[nH]nc(-c6ccncc6)[n+]54)nc3-c3ccccc3)cc2)CCC1. The summed E-state index contributed by atoms with van der Waals surface area (Å²) in [6, 6.07) is 26.6. The maximum absolute atomic E-state index is 6.58. The smallest absolute Gasteiger partial charge is 0.279 e. The summed E-state index contributed by atoms with van der Waals surface area (Å²) in [4.78, 5) is 14.5. The summed E-state index contributed by atoms with van der Waals surface area (Å²) in [5, 5.41) is 7.71. The van der Waals surface area contributed by atoms with Crippen LogP contribution in [0.4, 0.5) is 0 Å². The second kappa shape index (κ2) is 8.03. The zero-order chi connectivity index (χ0) is 24.1. The van der Waals surface area contributed by atoms with E-state index >= 15 is 0 Å². The fraction of sp³-hybridized carbons (Fsp3) is 0.138. The van der Waals surface area contributed by atoms with Crippen LogP contribution < -0.4 is 10.1 Å². The first-order valence-electron chi connectivity index (χ1n) is 12.2. The normalized spacial score (nSPS) is 14.7. The van der Waals surface area contributed by atoms with Gasteiger partial charge in [0.15, 0.2) is 5.69 Å². The van der Waals surface area contributed by atoms with Crippen molar-refractivity contribution in [1.82, 2.24) is 25.1 Å². The van der Waals surface area contributed by atoms with Gasteiger partial charge in [-0.1, -0.05) is 54.6 Å². The molecule has 0 spiro atoms. The average molecular weight is 471 g/mol. The summed E-state index contributed by atoms with van der Waals surface area (Å²) in [5.41, 5.74) is 14.6. The van der Waals surface area contributed by atoms with Gasteiger partial charge in [0, 0.05) is 40.7 Å². The molecular weight excluding hydrogens is 446 g/mol. The molecule has 0 radical (unpaired) electrons. The van der Waals surface area contributed by atoms with Crippen LogP contribution in [-0.4, -0.2) is 25.1 Å². The van der Waals surface area contributed by atoms with E-state index in [1.54, 1.807) is 12.4 Å². The lowest BCUT2D eigenvalue weighted by Gasteiger charge is -2.38. The van der Waals surface area contributed by atoms with Gasteiger partial charge >= 0.3 is 0 Å². The maximum Gasteiger partial charge on any atom is 0.279 e. The molecule has 174 valence electrons. The molecule has 4 heterocycles. The standard InChI is InChI=1S/C29H23N7/c30-29(15-4-16-29)22-9-7-20(8-10-22)26-25(19-5-2-1-3-6-19)32-23-11-12-24-34-35-27(36(24)28(23)33-26)21-13-17-31-18-14-21/h1-3,5-14,17-18H,4,15-16,30H2/p+1. The van der Waals surface area contributed by atoms with Crippen molar-refractivity contribution in [1.29, 1.82) is 0 Å². The molecule has 1 aliphatic rings. The number of nitrogens with zero attached hydrogens (tertiary/aromatic N) is 5. The first-order chi connectivity index (χ1) is 17.7. The number of pyridine rings is 2. The summed E-state index contributed by atoms with van der Waals surface area (Å²) in [7, 11) is 0. The molecule has 3 N–H and O–H groups in total. The van der Waals surface area contributed by atoms with Crippen LogP contribution in [0.3, 0.4) is 0 Å². The van der Waals surface area contributed by atoms with E-state index in [0.717, 1.165) is 63.6 Å². The van der Waals surface area contributed by atoms with Crippen LogP contribution in [0, 0.1) is 0 Å². The summed E-state index contributed by atoms with van der Waals surface area (Å²) in [6.45, 7) is 0. The van der Waals surface area contributed by atoms with Gasteiger partial charge in [0.25, 0.3) is 11.5 Å². The largest absolute Gasteiger partial charge is 0.321 e. The lowest BCUT2D eigenvalue weighted by atomic mass is 9.72. The Kier molecular flexibility index (Phi) is 4.65. The maximum atomic E-state index is 6.58. The molecule has 36 heavy (non-hydrogen) atoms. The van der Waals surface area contributed by atoms with Crippen molar-refractivity contribution in [2.24, 2.45) is 5.73 Å². The Morgan fingerprint density at radius 2 is 1.47 bits per heavy atom. The second-order valence-electron chi connectivity index (χ2n) is 9.42. The van der Waals surface area contributed by atoms with Crippen LogP contribution in [0.2, 0.25) is 0 Å². The fourth-order valence-electron chi connectivity index (χ4n) is 5.02. The zero-order valence-electron chi connectivity index (χ0n) is 19.6. The van der Waals surface area contributed by atoms with Crippen molar-refractivity contribution >= 4 is 16.8 Å². The van der Waals surface area contributed by atoms with E-state index < -0.39 is 0 Å². The van der Waals surface area contributed by atoms with E-state index in [1.165, 1.54) is 12.0 Å². The Balaban J connectivity index is 1.48. The number of aromatic nitrogens is 6. The molecular formula is C29H24N7+. The van der Waals surface area contributed by atoms with Crippen LogP contribution >= 0.6 is 0 Å². The number of H-pyrrole nitrogens is 1. The molecule has 1 fully saturated rings. The number of rotatable bonds is 4. The topological polar surface area (TPSA) is 97.5 Å². The van der Waals surface area contributed by atoms with Gasteiger partial charge in [0.2, 0.25) is 5.65 Å². The quantitative estimate of drug-likeness (QED) is 0.360. The molecule has 0 saturated heterocycles. The minimum Gasteiger partial charge on any atom is -0.321 e. The molecule has 7 rings (SSSR count). The van der Waals surface area contributed by atoms with Gasteiger partial charge in [0.05, 0.1) is 0 Å². The van der Waals surface area contributed by atoms with Gasteiger partial charge in [0.1, 0.15) is 11.2 Å². The van der Waals surface area contributed by atoms with Crippen molar-refractivity contribution in [3.63, 3.8) is 0 Å². The molecule has 7 nitrogen and oxygen atoms in total. The van der Waals surface area contributed by atoms with Gasteiger partial charge in [-0.15, -0.1) is 4.98 Å². The molecule has 0 unspecified atom stereocenters. The summed E-state index contributed by atoms with van der Waals surface area (Å²) in [6.07, 6.45) is 6.78. The van der Waals surface area contributed by atoms with E-state index in [-0.39, 0.29) is 5.54 Å². The Morgan fingerprint density at radius 3 is 2.19 bits per heavy atom. The number of nitrogens with one attached hydrogen (secondary N) is 1. The predicted molar refractivity (Wildman–Crippen MR) is 139 cm³/mol. The Hall–Kier alpha value is -4.49. The highest BCUT2D eigenvalue weighted by Crippen LogP contribution is 2.39. The van der Waals surface area contributed by atoms with Crippen LogP contribution in [-0.2, 0) is 5.54 Å². The highest BCUT2D eigenvalue weighted by atomic mass is 15.3. The van der Waals surface area contributed by atoms with Gasteiger partial charge in [-0.25, -0.2) is 4.98 Å². The number of hydrogen-bond acceptors (Lipinski definition) is 5. The third-order valence-electron chi connectivity index (χ3n) is 7.21. The second-order valence-corrected chi connectivity index (χ2v) is 9.42. The highest BCUT2D eigenvalue weighted by molar-refractivity contribution is 5.84. The summed E-state index contributed by atoms with van der Waals surface area (Å²) in [5.74, 6) is 0.760. The molecule has 0 amide bonds. The number of fused-ring (bicyclic) bond motifs is 3. The highest BCUT2D eigenvalue weighted by Gasteiger charge is 2.34. The molecule has 6 aromatic rings. The third-order valence-corrected chi connectivity index (χ3v) is 7.21. The molecule has 0 bridgehead atoms. The van der Waals surface area contributed by atoms with Crippen LogP contribution in [0.15, 0.2) is 91.3 Å². The Labute approximate surface area is 207 Å². The summed E-state index contributed by atoms with van der Waals surface area (Å²) >= 11 is 0. The molecule has 7 heteroatoms. The monoisotopic (exact) mass is 470 g/mol. The predicted octanol–water partition coefficient (Wildman–Crippen LogP) is 4.83. The van der Waals surface area contributed by atoms with Crippen molar-refractivity contribution in [2.75, 3.05) is 0 Å². The van der Waals surface area contributed by atoms with Crippen molar-refractivity contribution in [3.8, 4) is 33.9 Å². The van der Waals surface area contributed by atoms with Crippen LogP contribution in [0.25, 0.3) is 50.7 Å². The van der Waals surface area contributed by atoms with Gasteiger partial charge in [-0.3, -0.25) is 4.98 Å². The molecule has 0 atom stereocenters. The number of aromatic amines is 1. The van der Waals surface area contributed by atoms with Crippen molar-refractivity contribution < 1.29 is 4.40 Å². The molecule has 0 aliphatic heterocycles. The van der Waals surface area contributed by atoms with E-state index in [2.05, 4.69) is 51.6 Å². The van der Waals surface area contributed by atoms with E-state index in [1.807, 2.05) is 46.9 Å². The first-order valence-corrected chi connectivity index (χ1v) is 12.2. The minimum absolute atomic E-state index is 0.200. The van der Waals surface area contributed by atoms with E-state index in [0.29, 0.717) is 0 Å².